The quantitative estimate of drug-likeness (QED) is 0.513. The molecule has 2 aliphatic rings. The molecule has 2 aromatic carbocycles. The van der Waals surface area contributed by atoms with E-state index in [9.17, 15) is 14.0 Å². The van der Waals surface area contributed by atoms with Gasteiger partial charge in [-0.3, -0.25) is 19.4 Å². The molecule has 2 amide bonds. The number of likely N-dealkylation sites (tertiary alicyclic amines) is 1. The Hall–Kier alpha value is -2.81. The van der Waals surface area contributed by atoms with Crippen LogP contribution in [0.4, 0.5) is 4.39 Å². The van der Waals surface area contributed by atoms with Gasteiger partial charge in [-0.05, 0) is 55.8 Å². The second-order valence-corrected chi connectivity index (χ2v) is 8.69. The first kappa shape index (κ1) is 21.1. The van der Waals surface area contributed by atoms with Crippen LogP contribution in [-0.4, -0.2) is 51.5 Å². The van der Waals surface area contributed by atoms with Gasteiger partial charge in [0.1, 0.15) is 5.82 Å². The molecule has 0 spiro atoms. The zero-order valence-corrected chi connectivity index (χ0v) is 18.2. The third kappa shape index (κ3) is 3.79. The van der Waals surface area contributed by atoms with Crippen LogP contribution in [0.15, 0.2) is 40.9 Å². The normalized spacial score (nSPS) is 19.0. The lowest BCUT2D eigenvalue weighted by atomic mass is 9.98. The van der Waals surface area contributed by atoms with Crippen molar-refractivity contribution in [1.29, 1.82) is 0 Å². The molecule has 10 heteroatoms. The number of imide groups is 1. The van der Waals surface area contributed by atoms with E-state index in [1.165, 1.54) is 29.2 Å². The van der Waals surface area contributed by atoms with Crippen molar-refractivity contribution in [3.05, 3.63) is 69.3 Å². The van der Waals surface area contributed by atoms with E-state index >= 15 is 0 Å². The molecule has 1 atom stereocenters. The fourth-order valence-corrected chi connectivity index (χ4v) is 4.44. The van der Waals surface area contributed by atoms with Gasteiger partial charge in [0.25, 0.3) is 11.8 Å². The lowest BCUT2D eigenvalue weighted by molar-refractivity contribution is 0.0499. The monoisotopic (exact) mass is 474 g/mol. The van der Waals surface area contributed by atoms with Crippen LogP contribution in [-0.2, 0) is 0 Å². The maximum atomic E-state index is 13.2. The smallest absolute Gasteiger partial charge is 0.262 e. The topological polar surface area (TPSA) is 79.5 Å². The van der Waals surface area contributed by atoms with Crippen LogP contribution < -0.4 is 0 Å². The number of nitrogens with zero attached hydrogens (tertiary/aromatic N) is 4. The fourth-order valence-electron chi connectivity index (χ4n) is 4.11. The van der Waals surface area contributed by atoms with E-state index in [1.54, 1.807) is 12.1 Å². The number of benzene rings is 2. The summed E-state index contributed by atoms with van der Waals surface area (Å²) in [6, 6.07) is 8.75. The molecule has 2 aliphatic heterocycles. The fraction of sp³-hybridized carbons (Fsp3) is 0.273. The van der Waals surface area contributed by atoms with Gasteiger partial charge in [0.2, 0.25) is 11.7 Å². The number of aromatic nitrogens is 2. The average molecular weight is 475 g/mol. The summed E-state index contributed by atoms with van der Waals surface area (Å²) in [5.74, 6) is -0.270. The van der Waals surface area contributed by atoms with Crippen LogP contribution in [0.2, 0.25) is 10.0 Å². The molecule has 32 heavy (non-hydrogen) atoms. The lowest BCUT2D eigenvalue weighted by Crippen LogP contribution is -2.45. The van der Waals surface area contributed by atoms with E-state index in [4.69, 9.17) is 27.7 Å². The number of fused-ring (bicyclic) bond motifs is 1. The lowest BCUT2D eigenvalue weighted by Gasteiger charge is -2.33. The standard InChI is InChI=1S/C22H17Cl2FN4O3/c23-17-8-15-16(9-18(17)24)22(31)29(21(15)30)11-28-7-1-2-13(10-28)20-26-19(27-32-20)12-3-5-14(25)6-4-12/h3-6,8-9,13H,1-2,7,10-11H2. The molecule has 0 aliphatic carbocycles. The number of piperidine rings is 1. The number of hydrogen-bond donors (Lipinski definition) is 0. The largest absolute Gasteiger partial charge is 0.339 e. The summed E-state index contributed by atoms with van der Waals surface area (Å²) >= 11 is 12.0. The van der Waals surface area contributed by atoms with Crippen molar-refractivity contribution in [2.75, 3.05) is 19.8 Å². The first-order chi connectivity index (χ1) is 15.4. The summed E-state index contributed by atoms with van der Waals surface area (Å²) in [4.78, 5) is 33.3. The van der Waals surface area contributed by atoms with Crippen molar-refractivity contribution in [3.8, 4) is 11.4 Å². The molecule has 5 rings (SSSR count). The maximum absolute atomic E-state index is 13.2. The summed E-state index contributed by atoms with van der Waals surface area (Å²) in [5, 5.41) is 4.49. The Morgan fingerprint density at radius 1 is 1.06 bits per heavy atom. The van der Waals surface area contributed by atoms with Crippen LogP contribution in [0.3, 0.4) is 0 Å². The van der Waals surface area contributed by atoms with E-state index in [2.05, 4.69) is 10.1 Å². The van der Waals surface area contributed by atoms with Crippen LogP contribution in [0.1, 0.15) is 45.4 Å². The number of carbonyl (C=O) groups is 2. The minimum atomic E-state index is -0.387. The second-order valence-electron chi connectivity index (χ2n) is 7.87. The Morgan fingerprint density at radius 3 is 2.38 bits per heavy atom. The van der Waals surface area contributed by atoms with Gasteiger partial charge in [-0.2, -0.15) is 4.98 Å². The van der Waals surface area contributed by atoms with Crippen LogP contribution in [0.5, 0.6) is 0 Å². The highest BCUT2D eigenvalue weighted by Crippen LogP contribution is 2.33. The van der Waals surface area contributed by atoms with Crippen molar-refractivity contribution < 1.29 is 18.5 Å². The molecule has 3 aromatic rings. The molecule has 1 saturated heterocycles. The zero-order valence-electron chi connectivity index (χ0n) is 16.7. The predicted octanol–water partition coefficient (Wildman–Crippen LogP) is 4.62. The molecular formula is C22H17Cl2FN4O3. The summed E-state index contributed by atoms with van der Waals surface area (Å²) < 4.78 is 18.6. The summed E-state index contributed by atoms with van der Waals surface area (Å²) in [6.07, 6.45) is 1.69. The number of halogens is 3. The Morgan fingerprint density at radius 2 is 1.72 bits per heavy atom. The summed E-state index contributed by atoms with van der Waals surface area (Å²) in [7, 11) is 0. The highest BCUT2D eigenvalue weighted by atomic mass is 35.5. The highest BCUT2D eigenvalue weighted by Gasteiger charge is 2.38. The molecule has 1 fully saturated rings. The number of rotatable bonds is 4. The SMILES string of the molecule is O=C1c2cc(Cl)c(Cl)cc2C(=O)N1CN1CCCC(c2nc(-c3ccc(F)cc3)no2)C1. The van der Waals surface area contributed by atoms with Gasteiger partial charge in [0, 0.05) is 12.1 Å². The number of hydrogen-bond acceptors (Lipinski definition) is 6. The van der Waals surface area contributed by atoms with Crippen LogP contribution >= 0.6 is 23.2 Å². The van der Waals surface area contributed by atoms with E-state index in [-0.39, 0.29) is 51.4 Å². The molecular weight excluding hydrogens is 458 g/mol. The number of amides is 2. The van der Waals surface area contributed by atoms with Crippen LogP contribution in [0.25, 0.3) is 11.4 Å². The van der Waals surface area contributed by atoms with E-state index < -0.39 is 0 Å². The second kappa shape index (κ2) is 8.27. The molecule has 0 bridgehead atoms. The Bertz CT molecular complexity index is 1170. The predicted molar refractivity (Wildman–Crippen MR) is 115 cm³/mol. The Labute approximate surface area is 192 Å². The Kier molecular flexibility index (Phi) is 5.44. The van der Waals surface area contributed by atoms with E-state index in [0.29, 0.717) is 23.8 Å². The van der Waals surface area contributed by atoms with Gasteiger partial charge in [-0.25, -0.2) is 4.39 Å². The molecule has 164 valence electrons. The third-order valence-electron chi connectivity index (χ3n) is 5.75. The molecule has 7 nitrogen and oxygen atoms in total. The highest BCUT2D eigenvalue weighted by molar-refractivity contribution is 6.43. The Balaban J connectivity index is 1.29. The summed E-state index contributed by atoms with van der Waals surface area (Å²) in [6.45, 7) is 1.43. The van der Waals surface area contributed by atoms with Gasteiger partial charge >= 0.3 is 0 Å². The van der Waals surface area contributed by atoms with E-state index in [1.807, 2.05) is 4.90 Å². The summed E-state index contributed by atoms with van der Waals surface area (Å²) in [5.41, 5.74) is 1.19. The van der Waals surface area contributed by atoms with Gasteiger partial charge in [0.15, 0.2) is 0 Å². The van der Waals surface area contributed by atoms with Crippen molar-refractivity contribution in [2.24, 2.45) is 0 Å². The van der Waals surface area contributed by atoms with Crippen molar-refractivity contribution in [1.82, 2.24) is 19.9 Å². The average Bonchev–Trinajstić information content (AvgIpc) is 3.36. The molecule has 0 radical (unpaired) electrons. The van der Waals surface area contributed by atoms with Gasteiger partial charge in [-0.1, -0.05) is 28.4 Å². The zero-order chi connectivity index (χ0) is 22.4. The molecule has 3 heterocycles. The first-order valence-corrected chi connectivity index (χ1v) is 10.8. The molecule has 0 saturated carbocycles. The number of carbonyl (C=O) groups excluding carboxylic acids is 2. The van der Waals surface area contributed by atoms with Crippen molar-refractivity contribution in [2.45, 2.75) is 18.8 Å². The molecule has 0 N–H and O–H groups in total. The maximum Gasteiger partial charge on any atom is 0.262 e. The van der Waals surface area contributed by atoms with Crippen molar-refractivity contribution >= 4 is 35.0 Å². The van der Waals surface area contributed by atoms with Gasteiger partial charge in [-0.15, -0.1) is 0 Å². The van der Waals surface area contributed by atoms with Gasteiger partial charge < -0.3 is 4.52 Å². The first-order valence-electron chi connectivity index (χ1n) is 10.1. The van der Waals surface area contributed by atoms with Crippen LogP contribution in [0, 0.1) is 5.82 Å². The van der Waals surface area contributed by atoms with Crippen molar-refractivity contribution in [3.63, 3.8) is 0 Å². The van der Waals surface area contributed by atoms with E-state index in [0.717, 1.165) is 19.4 Å². The minimum Gasteiger partial charge on any atom is -0.339 e. The molecule has 1 unspecified atom stereocenters. The minimum absolute atomic E-state index is 0.0375. The molecule has 1 aromatic heterocycles. The van der Waals surface area contributed by atoms with Gasteiger partial charge in [0.05, 0.1) is 33.8 Å². The third-order valence-corrected chi connectivity index (χ3v) is 6.47.